The summed E-state index contributed by atoms with van der Waals surface area (Å²) in [6, 6.07) is 14.5. The number of carbonyl (C=O) groups is 1. The quantitative estimate of drug-likeness (QED) is 0.437. The second kappa shape index (κ2) is 10.2. The van der Waals surface area contributed by atoms with Crippen molar-refractivity contribution >= 4 is 5.91 Å². The first-order valence-electron chi connectivity index (χ1n) is 10.2. The fourth-order valence-electron chi connectivity index (χ4n) is 3.06. The van der Waals surface area contributed by atoms with E-state index in [9.17, 15) is 4.79 Å². The average Bonchev–Trinajstić information content (AvgIpc) is 3.38. The minimum absolute atomic E-state index is 0.205. The lowest BCUT2D eigenvalue weighted by molar-refractivity contribution is 0.0950. The van der Waals surface area contributed by atoms with Gasteiger partial charge in [-0.15, -0.1) is 0 Å². The van der Waals surface area contributed by atoms with Crippen molar-refractivity contribution in [1.29, 1.82) is 0 Å². The molecule has 8 nitrogen and oxygen atoms in total. The third-order valence-electron chi connectivity index (χ3n) is 4.65. The molecule has 0 spiro atoms. The fourth-order valence-corrected chi connectivity index (χ4v) is 3.06. The number of carbonyl (C=O) groups excluding carboxylic acids is 1. The van der Waals surface area contributed by atoms with E-state index in [1.165, 1.54) is 0 Å². The van der Waals surface area contributed by atoms with Crippen LogP contribution < -0.4 is 14.8 Å². The zero-order chi connectivity index (χ0) is 22.2. The normalized spacial score (nSPS) is 10.5. The Morgan fingerprint density at radius 3 is 2.59 bits per heavy atom. The van der Waals surface area contributed by atoms with Crippen LogP contribution in [0.15, 0.2) is 79.5 Å². The van der Waals surface area contributed by atoms with Crippen LogP contribution in [0.2, 0.25) is 0 Å². The van der Waals surface area contributed by atoms with Gasteiger partial charge >= 0.3 is 0 Å². The summed E-state index contributed by atoms with van der Waals surface area (Å²) in [5.74, 6) is 1.59. The van der Waals surface area contributed by atoms with Crippen LogP contribution in [0.25, 0.3) is 5.82 Å². The lowest BCUT2D eigenvalue weighted by Gasteiger charge is -2.14. The number of hydrogen-bond acceptors (Lipinski definition) is 6. The van der Waals surface area contributed by atoms with E-state index in [2.05, 4.69) is 20.4 Å². The number of rotatable bonds is 9. The summed E-state index contributed by atoms with van der Waals surface area (Å²) >= 11 is 0. The van der Waals surface area contributed by atoms with Gasteiger partial charge in [0.25, 0.3) is 5.91 Å². The van der Waals surface area contributed by atoms with Crippen molar-refractivity contribution in [2.75, 3.05) is 6.61 Å². The molecule has 4 rings (SSSR count). The third kappa shape index (κ3) is 5.28. The predicted octanol–water partition coefficient (Wildman–Crippen LogP) is 3.57. The second-order valence-electron chi connectivity index (χ2n) is 6.89. The molecule has 0 radical (unpaired) electrons. The molecule has 32 heavy (non-hydrogen) atoms. The molecule has 0 bridgehead atoms. The molecule has 3 aromatic heterocycles. The van der Waals surface area contributed by atoms with Gasteiger partial charge in [-0.1, -0.05) is 0 Å². The summed E-state index contributed by atoms with van der Waals surface area (Å²) in [4.78, 5) is 21.0. The van der Waals surface area contributed by atoms with Gasteiger partial charge < -0.3 is 14.8 Å². The zero-order valence-corrected chi connectivity index (χ0v) is 17.6. The number of pyridine rings is 2. The topological polar surface area (TPSA) is 91.2 Å². The van der Waals surface area contributed by atoms with Gasteiger partial charge in [-0.25, -0.2) is 9.67 Å². The van der Waals surface area contributed by atoms with Gasteiger partial charge in [0.2, 0.25) is 0 Å². The first-order chi connectivity index (χ1) is 15.7. The molecule has 0 saturated carbocycles. The van der Waals surface area contributed by atoms with Gasteiger partial charge in [0.05, 0.1) is 6.61 Å². The summed E-state index contributed by atoms with van der Waals surface area (Å²) in [6.45, 7) is 3.10. The van der Waals surface area contributed by atoms with E-state index in [0.29, 0.717) is 42.6 Å². The van der Waals surface area contributed by atoms with Crippen LogP contribution >= 0.6 is 0 Å². The van der Waals surface area contributed by atoms with E-state index in [-0.39, 0.29) is 5.91 Å². The van der Waals surface area contributed by atoms with Crippen molar-refractivity contribution in [2.45, 2.75) is 20.1 Å². The maximum atomic E-state index is 12.7. The highest BCUT2D eigenvalue weighted by Gasteiger charge is 2.12. The van der Waals surface area contributed by atoms with E-state index in [4.69, 9.17) is 9.47 Å². The monoisotopic (exact) mass is 429 g/mol. The van der Waals surface area contributed by atoms with Crippen molar-refractivity contribution < 1.29 is 14.3 Å². The highest BCUT2D eigenvalue weighted by atomic mass is 16.5. The van der Waals surface area contributed by atoms with Crippen molar-refractivity contribution in [1.82, 2.24) is 25.1 Å². The standard InChI is InChI=1S/C24H23N5O3/c1-2-31-22-15-20(4-5-21(22)32-17-18-6-10-25-11-7-18)24(30)27-16-19-8-12-26-23(14-19)29-13-3-9-28-29/h3-15H,2,16-17H2,1H3,(H,27,30). The molecule has 0 fully saturated rings. The van der Waals surface area contributed by atoms with Crippen LogP contribution in [-0.2, 0) is 13.2 Å². The third-order valence-corrected chi connectivity index (χ3v) is 4.65. The van der Waals surface area contributed by atoms with E-state index in [1.807, 2.05) is 43.5 Å². The Labute approximate surface area is 185 Å². The second-order valence-corrected chi connectivity index (χ2v) is 6.89. The van der Waals surface area contributed by atoms with Crippen LogP contribution in [0.4, 0.5) is 0 Å². The van der Waals surface area contributed by atoms with Crippen LogP contribution in [0, 0.1) is 0 Å². The first kappa shape index (κ1) is 21.0. The van der Waals surface area contributed by atoms with E-state index >= 15 is 0 Å². The smallest absolute Gasteiger partial charge is 0.251 e. The minimum atomic E-state index is -0.205. The summed E-state index contributed by atoms with van der Waals surface area (Å²) in [5.41, 5.74) is 2.41. The number of nitrogens with zero attached hydrogens (tertiary/aromatic N) is 4. The van der Waals surface area contributed by atoms with Crippen molar-refractivity contribution in [3.63, 3.8) is 0 Å². The molecule has 8 heteroatoms. The molecule has 0 unspecified atom stereocenters. The fraction of sp³-hybridized carbons (Fsp3) is 0.167. The zero-order valence-electron chi connectivity index (χ0n) is 17.6. The molecular formula is C24H23N5O3. The molecule has 3 heterocycles. The van der Waals surface area contributed by atoms with Gasteiger partial charge in [-0.05, 0) is 66.6 Å². The van der Waals surface area contributed by atoms with Crippen LogP contribution in [0.3, 0.4) is 0 Å². The van der Waals surface area contributed by atoms with Gasteiger partial charge in [-0.2, -0.15) is 5.10 Å². The summed E-state index contributed by atoms with van der Waals surface area (Å²) in [7, 11) is 0. The largest absolute Gasteiger partial charge is 0.490 e. The first-order valence-corrected chi connectivity index (χ1v) is 10.2. The van der Waals surface area contributed by atoms with E-state index in [0.717, 1.165) is 11.1 Å². The van der Waals surface area contributed by atoms with E-state index in [1.54, 1.807) is 47.7 Å². The number of amides is 1. The van der Waals surface area contributed by atoms with Crippen LogP contribution in [0.1, 0.15) is 28.4 Å². The molecule has 1 aromatic carbocycles. The molecule has 0 saturated heterocycles. The Hall–Kier alpha value is -4.20. The summed E-state index contributed by atoms with van der Waals surface area (Å²) in [5, 5.41) is 7.11. The number of hydrogen-bond donors (Lipinski definition) is 1. The van der Waals surface area contributed by atoms with Gasteiger partial charge in [0, 0.05) is 43.1 Å². The van der Waals surface area contributed by atoms with Crippen LogP contribution in [0.5, 0.6) is 11.5 Å². The Bertz CT molecular complexity index is 1160. The molecular weight excluding hydrogens is 406 g/mol. The molecule has 0 aliphatic rings. The number of aromatic nitrogens is 4. The molecule has 1 N–H and O–H groups in total. The molecule has 1 amide bonds. The number of ether oxygens (including phenoxy) is 2. The maximum Gasteiger partial charge on any atom is 0.251 e. The molecule has 4 aromatic rings. The van der Waals surface area contributed by atoms with Crippen molar-refractivity contribution in [3.05, 3.63) is 96.2 Å². The summed E-state index contributed by atoms with van der Waals surface area (Å²) in [6.07, 6.45) is 8.64. The molecule has 0 atom stereocenters. The van der Waals surface area contributed by atoms with Crippen molar-refractivity contribution in [2.24, 2.45) is 0 Å². The van der Waals surface area contributed by atoms with Crippen LogP contribution in [-0.4, -0.2) is 32.3 Å². The molecule has 0 aliphatic heterocycles. The predicted molar refractivity (Wildman–Crippen MR) is 119 cm³/mol. The van der Waals surface area contributed by atoms with Gasteiger partial charge in [0.15, 0.2) is 17.3 Å². The van der Waals surface area contributed by atoms with E-state index < -0.39 is 0 Å². The Kier molecular flexibility index (Phi) is 6.72. The SMILES string of the molecule is CCOc1cc(C(=O)NCc2ccnc(-n3cccn3)c2)ccc1OCc1ccncc1. The highest BCUT2D eigenvalue weighted by Crippen LogP contribution is 2.29. The average molecular weight is 429 g/mol. The number of benzene rings is 1. The lowest BCUT2D eigenvalue weighted by Crippen LogP contribution is -2.23. The molecule has 162 valence electrons. The lowest BCUT2D eigenvalue weighted by atomic mass is 10.1. The Morgan fingerprint density at radius 1 is 0.969 bits per heavy atom. The highest BCUT2D eigenvalue weighted by molar-refractivity contribution is 5.94. The Balaban J connectivity index is 1.42. The van der Waals surface area contributed by atoms with Gasteiger partial charge in [0.1, 0.15) is 6.61 Å². The minimum Gasteiger partial charge on any atom is -0.490 e. The summed E-state index contributed by atoms with van der Waals surface area (Å²) < 4.78 is 13.3. The molecule has 0 aliphatic carbocycles. The maximum absolute atomic E-state index is 12.7. The van der Waals surface area contributed by atoms with Crippen molar-refractivity contribution in [3.8, 4) is 17.3 Å². The number of nitrogens with one attached hydrogen (secondary N) is 1. The van der Waals surface area contributed by atoms with Gasteiger partial charge in [-0.3, -0.25) is 9.78 Å². The Morgan fingerprint density at radius 2 is 1.81 bits per heavy atom.